The highest BCUT2D eigenvalue weighted by Crippen LogP contribution is 2.34. The van der Waals surface area contributed by atoms with Crippen LogP contribution in [0.1, 0.15) is 12.8 Å². The second-order valence-corrected chi connectivity index (χ2v) is 6.35. The summed E-state index contributed by atoms with van der Waals surface area (Å²) in [4.78, 5) is 1.18. The van der Waals surface area contributed by atoms with Gasteiger partial charge in [-0.15, -0.1) is 11.8 Å². The van der Waals surface area contributed by atoms with E-state index in [4.69, 9.17) is 19.9 Å². The topological polar surface area (TPSA) is 53.7 Å². The van der Waals surface area contributed by atoms with Crippen molar-refractivity contribution in [2.24, 2.45) is 11.7 Å². The Morgan fingerprint density at radius 1 is 1.20 bits per heavy atom. The average molecular weight is 295 g/mol. The van der Waals surface area contributed by atoms with Gasteiger partial charge in [0.05, 0.1) is 19.8 Å². The number of nitrogens with two attached hydrogens (primary N) is 1. The molecule has 0 saturated carbocycles. The van der Waals surface area contributed by atoms with Gasteiger partial charge in [-0.2, -0.15) is 0 Å². The van der Waals surface area contributed by atoms with E-state index in [0.29, 0.717) is 5.92 Å². The number of hydrogen-bond acceptors (Lipinski definition) is 5. The number of thioether (sulfide) groups is 1. The molecule has 2 heterocycles. The van der Waals surface area contributed by atoms with Crippen molar-refractivity contribution in [1.29, 1.82) is 0 Å². The average Bonchev–Trinajstić information content (AvgIpc) is 2.90. The third-order valence-corrected chi connectivity index (χ3v) is 4.87. The Balaban J connectivity index is 1.58. The van der Waals surface area contributed by atoms with Crippen molar-refractivity contribution in [2.75, 3.05) is 32.2 Å². The standard InChI is InChI=1S/C15H21NO3S/c16-13(11-4-7-17-9-11)10-20-12-2-3-14-15(8-12)19-6-1-5-18-14/h2-3,8,11,13H,1,4-7,9-10,16H2. The molecule has 2 unspecified atom stereocenters. The fourth-order valence-electron chi connectivity index (χ4n) is 2.45. The highest BCUT2D eigenvalue weighted by Gasteiger charge is 2.22. The third kappa shape index (κ3) is 3.40. The van der Waals surface area contributed by atoms with E-state index in [1.165, 1.54) is 4.90 Å². The maximum absolute atomic E-state index is 6.23. The molecule has 0 radical (unpaired) electrons. The van der Waals surface area contributed by atoms with Crippen LogP contribution in [0.25, 0.3) is 0 Å². The second-order valence-electron chi connectivity index (χ2n) is 5.26. The largest absolute Gasteiger partial charge is 0.490 e. The van der Waals surface area contributed by atoms with Gasteiger partial charge in [0.2, 0.25) is 0 Å². The van der Waals surface area contributed by atoms with Gasteiger partial charge in [0.15, 0.2) is 11.5 Å². The lowest BCUT2D eigenvalue weighted by Crippen LogP contribution is -2.32. The molecule has 0 aliphatic carbocycles. The number of hydrogen-bond donors (Lipinski definition) is 1. The zero-order chi connectivity index (χ0) is 13.8. The lowest BCUT2D eigenvalue weighted by molar-refractivity contribution is 0.182. The molecular weight excluding hydrogens is 274 g/mol. The van der Waals surface area contributed by atoms with E-state index in [0.717, 1.165) is 56.5 Å². The summed E-state index contributed by atoms with van der Waals surface area (Å²) in [6.07, 6.45) is 2.02. The molecule has 0 amide bonds. The fraction of sp³-hybridized carbons (Fsp3) is 0.600. The van der Waals surface area contributed by atoms with Gasteiger partial charge in [0, 0.05) is 35.6 Å². The van der Waals surface area contributed by atoms with Crippen molar-refractivity contribution in [3.8, 4) is 11.5 Å². The van der Waals surface area contributed by atoms with Crippen LogP contribution in [-0.2, 0) is 4.74 Å². The van der Waals surface area contributed by atoms with Crippen molar-refractivity contribution in [2.45, 2.75) is 23.8 Å². The maximum atomic E-state index is 6.23. The monoisotopic (exact) mass is 295 g/mol. The number of rotatable bonds is 4. The lowest BCUT2D eigenvalue weighted by atomic mass is 10.0. The molecule has 2 aliphatic rings. The van der Waals surface area contributed by atoms with E-state index in [1.807, 2.05) is 6.07 Å². The summed E-state index contributed by atoms with van der Waals surface area (Å²) in [5, 5.41) is 0. The van der Waals surface area contributed by atoms with Crippen LogP contribution in [-0.4, -0.2) is 38.2 Å². The minimum absolute atomic E-state index is 0.193. The summed E-state index contributed by atoms with van der Waals surface area (Å²) >= 11 is 1.78. The second kappa shape index (κ2) is 6.70. The molecule has 1 saturated heterocycles. The predicted molar refractivity (Wildman–Crippen MR) is 79.7 cm³/mol. The van der Waals surface area contributed by atoms with Crippen LogP contribution in [0.5, 0.6) is 11.5 Å². The molecule has 2 atom stereocenters. The normalized spacial score (nSPS) is 23.4. The van der Waals surface area contributed by atoms with Gasteiger partial charge in [-0.3, -0.25) is 0 Å². The van der Waals surface area contributed by atoms with Crippen LogP contribution in [0.4, 0.5) is 0 Å². The van der Waals surface area contributed by atoms with Crippen molar-refractivity contribution in [1.82, 2.24) is 0 Å². The Labute approximate surface area is 124 Å². The maximum Gasteiger partial charge on any atom is 0.162 e. The molecule has 1 aromatic carbocycles. The van der Waals surface area contributed by atoms with E-state index in [-0.39, 0.29) is 6.04 Å². The summed E-state index contributed by atoms with van der Waals surface area (Å²) < 4.78 is 16.7. The van der Waals surface area contributed by atoms with Crippen molar-refractivity contribution in [3.05, 3.63) is 18.2 Å². The van der Waals surface area contributed by atoms with Crippen molar-refractivity contribution in [3.63, 3.8) is 0 Å². The van der Waals surface area contributed by atoms with Gasteiger partial charge in [-0.05, 0) is 24.6 Å². The molecule has 0 bridgehead atoms. The van der Waals surface area contributed by atoms with Gasteiger partial charge in [-0.25, -0.2) is 0 Å². The third-order valence-electron chi connectivity index (χ3n) is 3.73. The summed E-state index contributed by atoms with van der Waals surface area (Å²) in [5.74, 6) is 3.11. The van der Waals surface area contributed by atoms with E-state index >= 15 is 0 Å². The molecular formula is C15H21NO3S. The molecule has 20 heavy (non-hydrogen) atoms. The first-order valence-corrected chi connectivity index (χ1v) is 8.17. The first kappa shape index (κ1) is 14.0. The molecule has 0 spiro atoms. The quantitative estimate of drug-likeness (QED) is 0.864. The Morgan fingerprint density at radius 2 is 2.05 bits per heavy atom. The molecule has 2 aliphatic heterocycles. The smallest absolute Gasteiger partial charge is 0.162 e. The molecule has 5 heteroatoms. The SMILES string of the molecule is NC(CSc1ccc2c(c1)OCCCO2)C1CCOC1. The highest BCUT2D eigenvalue weighted by atomic mass is 32.2. The summed E-state index contributed by atoms with van der Waals surface area (Å²) in [6, 6.07) is 6.32. The molecule has 0 aromatic heterocycles. The molecule has 4 nitrogen and oxygen atoms in total. The summed E-state index contributed by atoms with van der Waals surface area (Å²) in [6.45, 7) is 3.11. The summed E-state index contributed by atoms with van der Waals surface area (Å²) in [5.41, 5.74) is 6.23. The van der Waals surface area contributed by atoms with Gasteiger partial charge >= 0.3 is 0 Å². The van der Waals surface area contributed by atoms with Crippen molar-refractivity contribution < 1.29 is 14.2 Å². The van der Waals surface area contributed by atoms with Gasteiger partial charge < -0.3 is 19.9 Å². The number of ether oxygens (including phenoxy) is 3. The Kier molecular flexibility index (Phi) is 4.70. The fourth-order valence-corrected chi connectivity index (χ4v) is 3.46. The predicted octanol–water partition coefficient (Wildman–Crippen LogP) is 2.30. The van der Waals surface area contributed by atoms with Crippen LogP contribution < -0.4 is 15.2 Å². The highest BCUT2D eigenvalue weighted by molar-refractivity contribution is 7.99. The Bertz CT molecular complexity index is 449. The first-order valence-electron chi connectivity index (χ1n) is 7.19. The van der Waals surface area contributed by atoms with E-state index < -0.39 is 0 Å². The van der Waals surface area contributed by atoms with Gasteiger partial charge in [-0.1, -0.05) is 0 Å². The summed E-state index contributed by atoms with van der Waals surface area (Å²) in [7, 11) is 0. The van der Waals surface area contributed by atoms with Crippen LogP contribution in [0.15, 0.2) is 23.1 Å². The van der Waals surface area contributed by atoms with Gasteiger partial charge in [0.25, 0.3) is 0 Å². The Morgan fingerprint density at radius 3 is 2.85 bits per heavy atom. The van der Waals surface area contributed by atoms with E-state index in [1.54, 1.807) is 11.8 Å². The van der Waals surface area contributed by atoms with Crippen LogP contribution in [0.2, 0.25) is 0 Å². The number of benzene rings is 1. The molecule has 1 aromatic rings. The minimum atomic E-state index is 0.193. The number of fused-ring (bicyclic) bond motifs is 1. The van der Waals surface area contributed by atoms with Crippen molar-refractivity contribution >= 4 is 11.8 Å². The van der Waals surface area contributed by atoms with Crippen LogP contribution >= 0.6 is 11.8 Å². The molecule has 110 valence electrons. The van der Waals surface area contributed by atoms with Gasteiger partial charge in [0.1, 0.15) is 0 Å². The zero-order valence-corrected chi connectivity index (χ0v) is 12.4. The van der Waals surface area contributed by atoms with Crippen LogP contribution in [0, 0.1) is 5.92 Å². The van der Waals surface area contributed by atoms with E-state index in [2.05, 4.69) is 12.1 Å². The Hall–Kier alpha value is -0.910. The first-order chi connectivity index (χ1) is 9.83. The van der Waals surface area contributed by atoms with E-state index in [9.17, 15) is 0 Å². The minimum Gasteiger partial charge on any atom is -0.490 e. The lowest BCUT2D eigenvalue weighted by Gasteiger charge is -2.17. The zero-order valence-electron chi connectivity index (χ0n) is 11.5. The molecule has 3 rings (SSSR count). The molecule has 1 fully saturated rings. The molecule has 2 N–H and O–H groups in total. The van der Waals surface area contributed by atoms with Crippen LogP contribution in [0.3, 0.4) is 0 Å².